The number of hydrogen-bond acceptors (Lipinski definition) is 15. The highest BCUT2D eigenvalue weighted by atomic mass is 35.5. The first-order chi connectivity index (χ1) is 20.5. The maximum absolute atomic E-state index is 12.3. The second-order valence-corrected chi connectivity index (χ2v) is 10.4. The Morgan fingerprint density at radius 3 is 1.41 bits per heavy atom. The number of carbonyl (C=O) groups excluding carboxylic acids is 7. The van der Waals surface area contributed by atoms with E-state index in [1.807, 2.05) is 0 Å². The van der Waals surface area contributed by atoms with E-state index in [2.05, 4.69) is 10.6 Å². The Labute approximate surface area is 257 Å². The maximum atomic E-state index is 12.3. The summed E-state index contributed by atoms with van der Waals surface area (Å²) in [5.74, 6) is -5.08. The van der Waals surface area contributed by atoms with Crippen molar-refractivity contribution < 1.29 is 71.5 Å². The molecule has 2 saturated heterocycles. The number of rotatable bonds is 11. The SMILES string of the molecule is CC(=O)NC1C(OC(C)=O)[C@H](OC(C)=O)C(COC(C)=O)O[C@H]1O[C@H]1C(COC(C)=O)O[C@H](Cl)C(NC(C)=O)C1OC(C)=O. The molecule has 17 nitrogen and oxygen atoms in total. The molecule has 2 aliphatic heterocycles. The van der Waals surface area contributed by atoms with E-state index in [9.17, 15) is 33.6 Å². The molecule has 44 heavy (non-hydrogen) atoms. The van der Waals surface area contributed by atoms with E-state index in [0.717, 1.165) is 41.5 Å². The standard InChI is InChI=1S/C26H37ClN2O15/c1-10(30)28-19-23(40-15(6)35)22(17(42-25(19)27)8-37-12(3)32)44-26-20(29-11(2)31)24(41-16(7)36)21(39-14(5)34)18(43-26)9-38-13(4)33/h17-26H,8-9H2,1-7H3,(H,28,30)(H,29,31)/t17?,18?,19?,20?,21-,22+,23?,24?,25+,26+/m1/s1. The zero-order chi connectivity index (χ0) is 33.3. The van der Waals surface area contributed by atoms with Crippen LogP contribution in [0.5, 0.6) is 0 Å². The fourth-order valence-electron chi connectivity index (χ4n) is 4.67. The molecule has 248 valence electrons. The average Bonchev–Trinajstić information content (AvgIpc) is 2.87. The Morgan fingerprint density at radius 2 is 0.977 bits per heavy atom. The predicted octanol–water partition coefficient (Wildman–Crippen LogP) is -1.01. The summed E-state index contributed by atoms with van der Waals surface area (Å²) in [7, 11) is 0. The molecule has 0 radical (unpaired) electrons. The molecular weight excluding hydrogens is 616 g/mol. The van der Waals surface area contributed by atoms with Crippen molar-refractivity contribution in [2.45, 2.75) is 109 Å². The van der Waals surface area contributed by atoms with Gasteiger partial charge in [-0.15, -0.1) is 0 Å². The topological polar surface area (TPSA) is 217 Å². The first kappa shape index (κ1) is 36.7. The van der Waals surface area contributed by atoms with Crippen LogP contribution in [0.3, 0.4) is 0 Å². The van der Waals surface area contributed by atoms with Crippen LogP contribution in [0.25, 0.3) is 0 Å². The van der Waals surface area contributed by atoms with Gasteiger partial charge in [-0.2, -0.15) is 0 Å². The van der Waals surface area contributed by atoms with Crippen molar-refractivity contribution in [3.63, 3.8) is 0 Å². The largest absolute Gasteiger partial charge is 0.463 e. The number of esters is 5. The fraction of sp³-hybridized carbons (Fsp3) is 0.731. The third-order valence-electron chi connectivity index (χ3n) is 6.12. The third-order valence-corrected chi connectivity index (χ3v) is 6.49. The highest BCUT2D eigenvalue weighted by Gasteiger charge is 2.55. The van der Waals surface area contributed by atoms with E-state index in [1.54, 1.807) is 0 Å². The van der Waals surface area contributed by atoms with Crippen LogP contribution in [0, 0.1) is 0 Å². The number of alkyl halides is 1. The molecule has 6 unspecified atom stereocenters. The van der Waals surface area contributed by atoms with Crippen LogP contribution in [0.2, 0.25) is 0 Å². The van der Waals surface area contributed by atoms with Gasteiger partial charge in [0, 0.05) is 48.5 Å². The van der Waals surface area contributed by atoms with Crippen LogP contribution in [0.4, 0.5) is 0 Å². The molecular formula is C26H37ClN2O15. The van der Waals surface area contributed by atoms with Crippen LogP contribution in [-0.2, 0) is 71.5 Å². The van der Waals surface area contributed by atoms with Crippen molar-refractivity contribution in [1.82, 2.24) is 10.6 Å². The second kappa shape index (κ2) is 16.5. The molecule has 0 aromatic rings. The first-order valence-corrected chi connectivity index (χ1v) is 13.9. The molecule has 2 aliphatic rings. The van der Waals surface area contributed by atoms with Gasteiger partial charge in [-0.05, 0) is 0 Å². The van der Waals surface area contributed by atoms with Gasteiger partial charge in [0.05, 0.1) is 0 Å². The van der Waals surface area contributed by atoms with Gasteiger partial charge >= 0.3 is 29.8 Å². The van der Waals surface area contributed by atoms with E-state index >= 15 is 0 Å². The molecule has 2 N–H and O–H groups in total. The molecule has 2 heterocycles. The smallest absolute Gasteiger partial charge is 0.303 e. The highest BCUT2D eigenvalue weighted by molar-refractivity contribution is 6.20. The third kappa shape index (κ3) is 10.9. The monoisotopic (exact) mass is 652 g/mol. The summed E-state index contributed by atoms with van der Waals surface area (Å²) in [6.45, 7) is 6.85. The summed E-state index contributed by atoms with van der Waals surface area (Å²) in [4.78, 5) is 84.0. The molecule has 0 aromatic heterocycles. The van der Waals surface area contributed by atoms with Gasteiger partial charge in [0.2, 0.25) is 11.8 Å². The lowest BCUT2D eigenvalue weighted by atomic mass is 9.94. The van der Waals surface area contributed by atoms with E-state index in [-0.39, 0.29) is 0 Å². The average molecular weight is 653 g/mol. The van der Waals surface area contributed by atoms with Crippen molar-refractivity contribution in [3.8, 4) is 0 Å². The van der Waals surface area contributed by atoms with Crippen LogP contribution in [0.1, 0.15) is 48.5 Å². The van der Waals surface area contributed by atoms with Crippen LogP contribution >= 0.6 is 11.6 Å². The van der Waals surface area contributed by atoms with Gasteiger partial charge < -0.3 is 48.5 Å². The summed E-state index contributed by atoms with van der Waals surface area (Å²) in [5.41, 5.74) is -1.30. The zero-order valence-corrected chi connectivity index (χ0v) is 25.9. The molecule has 18 heteroatoms. The normalized spacial score (nSPS) is 31.5. The van der Waals surface area contributed by atoms with E-state index in [0.29, 0.717) is 0 Å². The van der Waals surface area contributed by atoms with Gasteiger partial charge in [0.1, 0.15) is 43.6 Å². The summed E-state index contributed by atoms with van der Waals surface area (Å²) in [6, 6.07) is -2.59. The lowest BCUT2D eigenvalue weighted by Crippen LogP contribution is -2.70. The Kier molecular flexibility index (Phi) is 13.8. The summed E-state index contributed by atoms with van der Waals surface area (Å²) < 4.78 is 44.6. The quantitative estimate of drug-likeness (QED) is 0.155. The van der Waals surface area contributed by atoms with Gasteiger partial charge in [-0.3, -0.25) is 33.6 Å². The molecule has 2 amide bonds. The zero-order valence-electron chi connectivity index (χ0n) is 25.2. The van der Waals surface area contributed by atoms with Crippen molar-refractivity contribution in [2.24, 2.45) is 0 Å². The molecule has 0 bridgehead atoms. The fourth-order valence-corrected chi connectivity index (χ4v) is 5.01. The molecule has 0 aliphatic carbocycles. The first-order valence-electron chi connectivity index (χ1n) is 13.4. The number of nitrogens with one attached hydrogen (secondary N) is 2. The van der Waals surface area contributed by atoms with Crippen molar-refractivity contribution in [3.05, 3.63) is 0 Å². The molecule has 0 saturated carbocycles. The predicted molar refractivity (Wildman–Crippen MR) is 143 cm³/mol. The Hall–Kier alpha value is -3.54. The van der Waals surface area contributed by atoms with E-state index in [1.165, 1.54) is 6.92 Å². The van der Waals surface area contributed by atoms with Crippen LogP contribution in [-0.4, -0.2) is 115 Å². The number of amides is 2. The molecule has 0 aromatic carbocycles. The Balaban J connectivity index is 2.66. The van der Waals surface area contributed by atoms with Gasteiger partial charge in [-0.1, -0.05) is 11.6 Å². The minimum atomic E-state index is -1.62. The van der Waals surface area contributed by atoms with Crippen molar-refractivity contribution in [2.75, 3.05) is 13.2 Å². The highest BCUT2D eigenvalue weighted by Crippen LogP contribution is 2.34. The summed E-state index contributed by atoms with van der Waals surface area (Å²) in [6.07, 6.45) is -9.87. The molecule has 2 rings (SSSR count). The number of ether oxygens (including phenoxy) is 8. The Morgan fingerprint density at radius 1 is 0.568 bits per heavy atom. The minimum absolute atomic E-state index is 0.467. The second-order valence-electron chi connectivity index (χ2n) is 9.95. The Bertz CT molecular complexity index is 1100. The number of halogens is 1. The molecule has 0 spiro atoms. The van der Waals surface area contributed by atoms with Crippen LogP contribution in [0.15, 0.2) is 0 Å². The van der Waals surface area contributed by atoms with Gasteiger partial charge in [-0.25, -0.2) is 0 Å². The molecule has 10 atom stereocenters. The van der Waals surface area contributed by atoms with Crippen molar-refractivity contribution >= 4 is 53.3 Å². The summed E-state index contributed by atoms with van der Waals surface area (Å²) in [5, 5.41) is 5.08. The van der Waals surface area contributed by atoms with Crippen LogP contribution < -0.4 is 10.6 Å². The molecule has 2 fully saturated rings. The van der Waals surface area contributed by atoms with Crippen molar-refractivity contribution in [1.29, 1.82) is 0 Å². The van der Waals surface area contributed by atoms with E-state index < -0.39 is 115 Å². The van der Waals surface area contributed by atoms with Gasteiger partial charge in [0.25, 0.3) is 0 Å². The summed E-state index contributed by atoms with van der Waals surface area (Å²) >= 11 is 6.40. The lowest BCUT2D eigenvalue weighted by Gasteiger charge is -2.49. The minimum Gasteiger partial charge on any atom is -0.463 e. The lowest BCUT2D eigenvalue weighted by molar-refractivity contribution is -0.314. The van der Waals surface area contributed by atoms with Gasteiger partial charge in [0.15, 0.2) is 30.2 Å². The maximum Gasteiger partial charge on any atom is 0.303 e. The number of carbonyl (C=O) groups is 7. The number of hydrogen-bond donors (Lipinski definition) is 2. The van der Waals surface area contributed by atoms with E-state index in [4.69, 9.17) is 49.5 Å².